The number of aromatic nitrogens is 3. The molecule has 0 aliphatic carbocycles. The normalized spacial score (nSPS) is 11.2. The van der Waals surface area contributed by atoms with E-state index in [1.165, 1.54) is 36.0 Å². The lowest BCUT2D eigenvalue weighted by Crippen LogP contribution is -2.39. The molecule has 1 aromatic carbocycles. The Labute approximate surface area is 200 Å². The van der Waals surface area contributed by atoms with Crippen molar-refractivity contribution in [2.24, 2.45) is 7.05 Å². The molecule has 176 valence electrons. The van der Waals surface area contributed by atoms with Gasteiger partial charge in [-0.3, -0.25) is 4.79 Å². The molecule has 3 amide bonds. The number of thioether (sulfide) groups is 1. The number of thiophene rings is 1. The second kappa shape index (κ2) is 11.3. The SMILES string of the molecule is CCCCNC(=O)NS(=O)(=O)c1ccc(NC(=O)CSc2nnc(-c3cccs3)n2C)cc1. The molecule has 10 nitrogen and oxygen atoms in total. The van der Waals surface area contributed by atoms with E-state index < -0.39 is 16.1 Å². The monoisotopic (exact) mass is 508 g/mol. The van der Waals surface area contributed by atoms with E-state index >= 15 is 0 Å². The van der Waals surface area contributed by atoms with Crippen LogP contribution < -0.4 is 15.4 Å². The first kappa shape index (κ1) is 24.7. The summed E-state index contributed by atoms with van der Waals surface area (Å²) in [6, 6.07) is 8.68. The molecular formula is C20H24N6O4S3. The van der Waals surface area contributed by atoms with Gasteiger partial charge in [0.15, 0.2) is 11.0 Å². The Hall–Kier alpha value is -2.90. The maximum absolute atomic E-state index is 12.3. The number of urea groups is 1. The smallest absolute Gasteiger partial charge is 0.328 e. The van der Waals surface area contributed by atoms with Crippen molar-refractivity contribution in [3.05, 3.63) is 41.8 Å². The summed E-state index contributed by atoms with van der Waals surface area (Å²) in [7, 11) is -2.17. The van der Waals surface area contributed by atoms with Gasteiger partial charge in [0.25, 0.3) is 10.0 Å². The molecule has 3 rings (SSSR count). The predicted octanol–water partition coefficient (Wildman–Crippen LogP) is 3.06. The number of nitrogens with zero attached hydrogens (tertiary/aromatic N) is 3. The van der Waals surface area contributed by atoms with E-state index in [4.69, 9.17) is 0 Å². The zero-order valence-corrected chi connectivity index (χ0v) is 20.5. The highest BCUT2D eigenvalue weighted by molar-refractivity contribution is 7.99. The highest BCUT2D eigenvalue weighted by Crippen LogP contribution is 2.26. The highest BCUT2D eigenvalue weighted by Gasteiger charge is 2.18. The summed E-state index contributed by atoms with van der Waals surface area (Å²) in [5.41, 5.74) is 0.434. The second-order valence-corrected chi connectivity index (χ2v) is 10.5. The number of benzene rings is 1. The first-order valence-corrected chi connectivity index (χ1v) is 13.4. The molecule has 2 aromatic heterocycles. The molecule has 3 N–H and O–H groups in total. The third-order valence-electron chi connectivity index (χ3n) is 4.40. The molecule has 13 heteroatoms. The lowest BCUT2D eigenvalue weighted by Gasteiger charge is -2.09. The maximum atomic E-state index is 12.3. The number of carbonyl (C=O) groups is 2. The fraction of sp³-hybridized carbons (Fsp3) is 0.300. The number of amides is 3. The number of unbranched alkanes of at least 4 members (excludes halogenated alkanes) is 1. The zero-order valence-electron chi connectivity index (χ0n) is 18.1. The average Bonchev–Trinajstić information content (AvgIpc) is 3.42. The van der Waals surface area contributed by atoms with Crippen molar-refractivity contribution in [2.75, 3.05) is 17.6 Å². The topological polar surface area (TPSA) is 135 Å². The van der Waals surface area contributed by atoms with Gasteiger partial charge in [0.1, 0.15) is 0 Å². The summed E-state index contributed by atoms with van der Waals surface area (Å²) in [6.45, 7) is 2.36. The van der Waals surface area contributed by atoms with E-state index in [-0.39, 0.29) is 16.6 Å². The van der Waals surface area contributed by atoms with E-state index in [0.717, 1.165) is 23.5 Å². The highest BCUT2D eigenvalue weighted by atomic mass is 32.2. The second-order valence-electron chi connectivity index (χ2n) is 6.92. The van der Waals surface area contributed by atoms with Crippen LogP contribution >= 0.6 is 23.1 Å². The summed E-state index contributed by atoms with van der Waals surface area (Å²) in [5, 5.41) is 16.1. The molecule has 0 saturated carbocycles. The van der Waals surface area contributed by atoms with Crippen molar-refractivity contribution in [3.63, 3.8) is 0 Å². The van der Waals surface area contributed by atoms with Crippen LogP contribution in [0.1, 0.15) is 19.8 Å². The van der Waals surface area contributed by atoms with Gasteiger partial charge in [0.2, 0.25) is 5.91 Å². The van der Waals surface area contributed by atoms with Gasteiger partial charge in [-0.15, -0.1) is 21.5 Å². The third-order valence-corrected chi connectivity index (χ3v) is 7.63. The van der Waals surface area contributed by atoms with E-state index in [0.29, 0.717) is 17.4 Å². The molecule has 0 bridgehead atoms. The van der Waals surface area contributed by atoms with Crippen molar-refractivity contribution in [1.82, 2.24) is 24.8 Å². The van der Waals surface area contributed by atoms with Crippen LogP contribution in [0.25, 0.3) is 10.7 Å². The van der Waals surface area contributed by atoms with Crippen molar-refractivity contribution in [3.8, 4) is 10.7 Å². The molecule has 0 fully saturated rings. The first-order valence-electron chi connectivity index (χ1n) is 10.1. The van der Waals surface area contributed by atoms with E-state index in [1.807, 2.05) is 40.8 Å². The number of hydrogen-bond donors (Lipinski definition) is 3. The molecule has 0 atom stereocenters. The summed E-state index contributed by atoms with van der Waals surface area (Å²) < 4.78 is 28.4. The minimum Gasteiger partial charge on any atom is -0.337 e. The Morgan fingerprint density at radius 2 is 1.91 bits per heavy atom. The Balaban J connectivity index is 1.52. The molecule has 0 aliphatic heterocycles. The van der Waals surface area contributed by atoms with Crippen molar-refractivity contribution in [1.29, 1.82) is 0 Å². The summed E-state index contributed by atoms with van der Waals surface area (Å²) in [4.78, 5) is 25.0. The minimum atomic E-state index is -4.01. The molecule has 33 heavy (non-hydrogen) atoms. The van der Waals surface area contributed by atoms with Gasteiger partial charge in [0, 0.05) is 19.3 Å². The summed E-state index contributed by atoms with van der Waals surface area (Å²) in [5.74, 6) is 0.567. The molecule has 0 radical (unpaired) electrons. The number of rotatable bonds is 10. The van der Waals surface area contributed by atoms with Crippen molar-refractivity contribution in [2.45, 2.75) is 29.8 Å². The van der Waals surface area contributed by atoms with Crippen molar-refractivity contribution < 1.29 is 18.0 Å². The number of nitrogens with one attached hydrogen (secondary N) is 3. The van der Waals surface area contributed by atoms with Crippen LogP contribution in [0.2, 0.25) is 0 Å². The van der Waals surface area contributed by atoms with Crippen LogP contribution in [-0.4, -0.2) is 47.4 Å². The Kier molecular flexibility index (Phi) is 8.47. The van der Waals surface area contributed by atoms with Gasteiger partial charge in [-0.2, -0.15) is 0 Å². The molecule has 0 saturated heterocycles. The number of anilines is 1. The Bertz CT molecular complexity index is 1190. The Morgan fingerprint density at radius 1 is 1.15 bits per heavy atom. The van der Waals surface area contributed by atoms with Crippen LogP contribution in [0.4, 0.5) is 10.5 Å². The van der Waals surface area contributed by atoms with Crippen LogP contribution in [0.5, 0.6) is 0 Å². The molecular weight excluding hydrogens is 484 g/mol. The fourth-order valence-corrected chi connectivity index (χ4v) is 5.08. The standard InChI is InChI=1S/C20H24N6O4S3/c1-3-4-11-21-19(28)25-33(29,30)15-9-7-14(8-10-15)22-17(27)13-32-20-24-23-18(26(20)2)16-6-5-12-31-16/h5-10,12H,3-4,11,13H2,1-2H3,(H,22,27)(H2,21,25,28). The predicted molar refractivity (Wildman–Crippen MR) is 129 cm³/mol. The molecule has 2 heterocycles. The van der Waals surface area contributed by atoms with E-state index in [9.17, 15) is 18.0 Å². The van der Waals surface area contributed by atoms with Crippen LogP contribution in [-0.2, 0) is 21.9 Å². The molecule has 0 unspecified atom stereocenters. The molecule has 3 aromatic rings. The van der Waals surface area contributed by atoms with Crippen LogP contribution in [0.15, 0.2) is 51.8 Å². The quantitative estimate of drug-likeness (QED) is 0.283. The number of carbonyl (C=O) groups excluding carboxylic acids is 2. The number of hydrogen-bond acceptors (Lipinski definition) is 8. The number of sulfonamides is 1. The lowest BCUT2D eigenvalue weighted by atomic mass is 10.3. The third kappa shape index (κ3) is 6.79. The van der Waals surface area contributed by atoms with Gasteiger partial charge in [0.05, 0.1) is 15.5 Å². The van der Waals surface area contributed by atoms with Crippen LogP contribution in [0, 0.1) is 0 Å². The summed E-state index contributed by atoms with van der Waals surface area (Å²) in [6.07, 6.45) is 1.64. The van der Waals surface area contributed by atoms with Gasteiger partial charge >= 0.3 is 6.03 Å². The van der Waals surface area contributed by atoms with Gasteiger partial charge < -0.3 is 15.2 Å². The van der Waals surface area contributed by atoms with Crippen LogP contribution in [0.3, 0.4) is 0 Å². The van der Waals surface area contributed by atoms with Gasteiger partial charge in [-0.25, -0.2) is 17.9 Å². The van der Waals surface area contributed by atoms with E-state index in [1.54, 1.807) is 11.3 Å². The van der Waals surface area contributed by atoms with Crippen molar-refractivity contribution >= 4 is 50.7 Å². The lowest BCUT2D eigenvalue weighted by molar-refractivity contribution is -0.113. The van der Waals surface area contributed by atoms with Gasteiger partial charge in [-0.05, 0) is 42.1 Å². The largest absolute Gasteiger partial charge is 0.337 e. The maximum Gasteiger partial charge on any atom is 0.328 e. The zero-order chi connectivity index (χ0) is 23.8. The summed E-state index contributed by atoms with van der Waals surface area (Å²) >= 11 is 2.80. The average molecular weight is 509 g/mol. The fourth-order valence-electron chi connectivity index (χ4n) is 2.70. The first-order chi connectivity index (χ1) is 15.8. The van der Waals surface area contributed by atoms with Gasteiger partial charge in [-0.1, -0.05) is 31.2 Å². The van der Waals surface area contributed by atoms with E-state index in [2.05, 4.69) is 20.8 Å². The molecule has 0 aliphatic rings. The Morgan fingerprint density at radius 3 is 2.58 bits per heavy atom. The molecule has 0 spiro atoms. The minimum absolute atomic E-state index is 0.0827.